The zero-order valence-electron chi connectivity index (χ0n) is 18.2. The summed E-state index contributed by atoms with van der Waals surface area (Å²) in [5.74, 6) is 2.41. The molecule has 1 atom stereocenters. The minimum Gasteiger partial charge on any atom is -0.491 e. The molecule has 160 valence electrons. The molecule has 5 heteroatoms. The number of aromatic nitrogens is 2. The van der Waals surface area contributed by atoms with E-state index in [1.165, 1.54) is 0 Å². The average molecular weight is 417 g/mol. The van der Waals surface area contributed by atoms with Gasteiger partial charge >= 0.3 is 0 Å². The number of benzene rings is 3. The fraction of sp³-hybridized carbons (Fsp3) is 0.269. The van der Waals surface area contributed by atoms with Gasteiger partial charge in [0, 0.05) is 0 Å². The number of hydrogen-bond acceptors (Lipinski definition) is 4. The standard InChI is InChI=1S/C26H28N2O3/c1-18-8-6-11-22(14-18)30-16-21(29)15-28-24-13-5-4-12-23(24)27-25(28)17-31-26-19(2)9-7-10-20(26)3/h4-14,21,29H,15-17H2,1-3H3. The van der Waals surface area contributed by atoms with E-state index < -0.39 is 6.10 Å². The van der Waals surface area contributed by atoms with Crippen molar-refractivity contribution in [1.82, 2.24) is 9.55 Å². The number of hydrogen-bond donors (Lipinski definition) is 1. The van der Waals surface area contributed by atoms with Crippen LogP contribution < -0.4 is 9.47 Å². The van der Waals surface area contributed by atoms with Crippen LogP contribution >= 0.6 is 0 Å². The maximum Gasteiger partial charge on any atom is 0.148 e. The van der Waals surface area contributed by atoms with Crippen LogP contribution in [-0.2, 0) is 13.2 Å². The smallest absolute Gasteiger partial charge is 0.148 e. The Morgan fingerprint density at radius 1 is 0.903 bits per heavy atom. The van der Waals surface area contributed by atoms with Gasteiger partial charge in [0.25, 0.3) is 0 Å². The van der Waals surface area contributed by atoms with Crippen LogP contribution in [0.3, 0.4) is 0 Å². The molecule has 4 aromatic rings. The van der Waals surface area contributed by atoms with Crippen LogP contribution in [0, 0.1) is 20.8 Å². The Balaban J connectivity index is 1.52. The Kier molecular flexibility index (Phi) is 6.23. The first-order valence-electron chi connectivity index (χ1n) is 10.5. The molecule has 0 amide bonds. The van der Waals surface area contributed by atoms with Gasteiger partial charge in [-0.3, -0.25) is 0 Å². The van der Waals surface area contributed by atoms with Gasteiger partial charge in [-0.25, -0.2) is 4.98 Å². The summed E-state index contributed by atoms with van der Waals surface area (Å²) in [6.45, 7) is 7.00. The second-order valence-electron chi connectivity index (χ2n) is 7.92. The number of ether oxygens (including phenoxy) is 2. The summed E-state index contributed by atoms with van der Waals surface area (Å²) in [6, 6.07) is 21.9. The molecule has 5 nitrogen and oxygen atoms in total. The summed E-state index contributed by atoms with van der Waals surface area (Å²) in [6.07, 6.45) is -0.683. The lowest BCUT2D eigenvalue weighted by molar-refractivity contribution is 0.0917. The highest BCUT2D eigenvalue weighted by atomic mass is 16.5. The molecule has 1 N–H and O–H groups in total. The highest BCUT2D eigenvalue weighted by Gasteiger charge is 2.16. The van der Waals surface area contributed by atoms with Gasteiger partial charge in [-0.1, -0.05) is 42.5 Å². The molecule has 4 rings (SSSR count). The molecule has 1 aromatic heterocycles. The van der Waals surface area contributed by atoms with E-state index in [-0.39, 0.29) is 6.61 Å². The van der Waals surface area contributed by atoms with Crippen molar-refractivity contribution >= 4 is 11.0 Å². The molecule has 0 spiro atoms. The van der Waals surface area contributed by atoms with Crippen molar-refractivity contribution in [3.05, 3.63) is 89.2 Å². The first kappa shape index (κ1) is 20.9. The fourth-order valence-corrected chi connectivity index (χ4v) is 3.76. The SMILES string of the molecule is Cc1cccc(OCC(O)Cn2c(COc3c(C)cccc3C)nc3ccccc32)c1. The lowest BCUT2D eigenvalue weighted by Gasteiger charge is -2.17. The first-order valence-corrected chi connectivity index (χ1v) is 10.5. The number of aliphatic hydroxyl groups is 1. The number of fused-ring (bicyclic) bond motifs is 1. The van der Waals surface area contributed by atoms with E-state index in [2.05, 4.69) is 0 Å². The summed E-state index contributed by atoms with van der Waals surface area (Å²) < 4.78 is 14.0. The molecule has 31 heavy (non-hydrogen) atoms. The van der Waals surface area contributed by atoms with Crippen molar-refractivity contribution in [3.8, 4) is 11.5 Å². The number of aliphatic hydroxyl groups excluding tert-OH is 1. The molecular weight excluding hydrogens is 388 g/mol. The summed E-state index contributed by atoms with van der Waals surface area (Å²) >= 11 is 0. The van der Waals surface area contributed by atoms with Gasteiger partial charge in [0.2, 0.25) is 0 Å². The molecule has 0 aliphatic carbocycles. The average Bonchev–Trinajstić information content (AvgIpc) is 3.09. The molecule has 0 aliphatic heterocycles. The molecule has 3 aromatic carbocycles. The molecule has 0 bridgehead atoms. The second-order valence-corrected chi connectivity index (χ2v) is 7.92. The largest absolute Gasteiger partial charge is 0.491 e. The normalized spacial score (nSPS) is 12.1. The quantitative estimate of drug-likeness (QED) is 0.440. The molecular formula is C26H28N2O3. The predicted octanol–water partition coefficient (Wildman–Crippen LogP) is 4.98. The summed E-state index contributed by atoms with van der Waals surface area (Å²) in [5.41, 5.74) is 5.16. The van der Waals surface area contributed by atoms with Gasteiger partial charge in [0.15, 0.2) is 0 Å². The third kappa shape index (κ3) is 4.89. The van der Waals surface area contributed by atoms with Crippen LogP contribution in [0.25, 0.3) is 11.0 Å². The summed E-state index contributed by atoms with van der Waals surface area (Å²) in [4.78, 5) is 4.76. The molecule has 1 unspecified atom stereocenters. The Morgan fingerprint density at radius 2 is 1.65 bits per heavy atom. The van der Waals surface area contributed by atoms with E-state index in [1.807, 2.05) is 92.1 Å². The zero-order chi connectivity index (χ0) is 21.8. The van der Waals surface area contributed by atoms with Crippen LogP contribution in [0.2, 0.25) is 0 Å². The zero-order valence-corrected chi connectivity index (χ0v) is 18.2. The highest BCUT2D eigenvalue weighted by Crippen LogP contribution is 2.25. The molecule has 0 aliphatic rings. The number of para-hydroxylation sites is 3. The van der Waals surface area contributed by atoms with Crippen molar-refractivity contribution in [2.45, 2.75) is 40.0 Å². The predicted molar refractivity (Wildman–Crippen MR) is 123 cm³/mol. The van der Waals surface area contributed by atoms with Gasteiger partial charge in [-0.2, -0.15) is 0 Å². The number of aryl methyl sites for hydroxylation is 3. The van der Waals surface area contributed by atoms with Gasteiger partial charge in [0.1, 0.15) is 36.6 Å². The highest BCUT2D eigenvalue weighted by molar-refractivity contribution is 5.75. The number of nitrogens with zero attached hydrogens (tertiary/aromatic N) is 2. The van der Waals surface area contributed by atoms with Crippen molar-refractivity contribution in [2.75, 3.05) is 6.61 Å². The van der Waals surface area contributed by atoms with E-state index in [9.17, 15) is 5.11 Å². The minimum atomic E-state index is -0.683. The third-order valence-corrected chi connectivity index (χ3v) is 5.31. The van der Waals surface area contributed by atoms with E-state index in [1.54, 1.807) is 0 Å². The van der Waals surface area contributed by atoms with Crippen molar-refractivity contribution < 1.29 is 14.6 Å². The van der Waals surface area contributed by atoms with Crippen LogP contribution in [0.5, 0.6) is 11.5 Å². The van der Waals surface area contributed by atoms with Gasteiger partial charge < -0.3 is 19.1 Å². The van der Waals surface area contributed by atoms with Crippen LogP contribution in [0.4, 0.5) is 0 Å². The van der Waals surface area contributed by atoms with Gasteiger partial charge in [-0.15, -0.1) is 0 Å². The van der Waals surface area contributed by atoms with E-state index in [4.69, 9.17) is 14.5 Å². The minimum absolute atomic E-state index is 0.202. The van der Waals surface area contributed by atoms with Crippen molar-refractivity contribution in [3.63, 3.8) is 0 Å². The lowest BCUT2D eigenvalue weighted by Crippen LogP contribution is -2.25. The van der Waals surface area contributed by atoms with Crippen LogP contribution in [0.15, 0.2) is 66.7 Å². The summed E-state index contributed by atoms with van der Waals surface area (Å²) in [5, 5.41) is 10.7. The molecule has 0 saturated carbocycles. The van der Waals surface area contributed by atoms with Crippen LogP contribution in [-0.4, -0.2) is 27.4 Å². The maximum absolute atomic E-state index is 10.7. The molecule has 0 saturated heterocycles. The van der Waals surface area contributed by atoms with Gasteiger partial charge in [0.05, 0.1) is 17.6 Å². The topological polar surface area (TPSA) is 56.5 Å². The monoisotopic (exact) mass is 416 g/mol. The fourth-order valence-electron chi connectivity index (χ4n) is 3.76. The van der Waals surface area contributed by atoms with E-state index in [0.29, 0.717) is 13.2 Å². The number of imidazole rings is 1. The van der Waals surface area contributed by atoms with Crippen molar-refractivity contribution in [1.29, 1.82) is 0 Å². The third-order valence-electron chi connectivity index (χ3n) is 5.31. The lowest BCUT2D eigenvalue weighted by atomic mass is 10.1. The Bertz CT molecular complexity index is 1160. The second kappa shape index (κ2) is 9.23. The Labute approximate surface area is 182 Å². The first-order chi connectivity index (χ1) is 15.0. The molecule has 0 radical (unpaired) electrons. The Hall–Kier alpha value is -3.31. The van der Waals surface area contributed by atoms with E-state index >= 15 is 0 Å². The maximum atomic E-state index is 10.7. The molecule has 0 fully saturated rings. The van der Waals surface area contributed by atoms with Gasteiger partial charge in [-0.05, 0) is 61.7 Å². The summed E-state index contributed by atoms with van der Waals surface area (Å²) in [7, 11) is 0. The Morgan fingerprint density at radius 3 is 2.42 bits per heavy atom. The van der Waals surface area contributed by atoms with Crippen molar-refractivity contribution in [2.24, 2.45) is 0 Å². The molecule has 1 heterocycles. The number of rotatable bonds is 8. The van der Waals surface area contributed by atoms with E-state index in [0.717, 1.165) is 45.0 Å². The van der Waals surface area contributed by atoms with Crippen LogP contribution in [0.1, 0.15) is 22.5 Å².